The van der Waals surface area contributed by atoms with Crippen molar-refractivity contribution >= 4 is 34.3 Å². The highest BCUT2D eigenvalue weighted by Crippen LogP contribution is 2.22. The van der Waals surface area contributed by atoms with Gasteiger partial charge >= 0.3 is 0 Å². The van der Waals surface area contributed by atoms with E-state index in [1.807, 2.05) is 40.7 Å². The first-order valence-corrected chi connectivity index (χ1v) is 6.12. The zero-order valence-corrected chi connectivity index (χ0v) is 10.0. The molecule has 86 valence electrons. The average Bonchev–Trinajstić information content (AvgIpc) is 2.98. The quantitative estimate of drug-likeness (QED) is 0.744. The molecule has 0 fully saturated rings. The number of anilines is 3. The zero-order chi connectivity index (χ0) is 11.7. The van der Waals surface area contributed by atoms with Crippen molar-refractivity contribution in [2.45, 2.75) is 0 Å². The van der Waals surface area contributed by atoms with Crippen LogP contribution in [0.4, 0.5) is 17.3 Å². The van der Waals surface area contributed by atoms with E-state index >= 15 is 0 Å². The van der Waals surface area contributed by atoms with Crippen molar-refractivity contribution < 1.29 is 0 Å². The predicted octanol–water partition coefficient (Wildman–Crippen LogP) is 2.58. The summed E-state index contributed by atoms with van der Waals surface area (Å²) in [5.74, 6) is 1.55. The molecular weight excluding hydrogens is 234 g/mol. The molecule has 0 bridgehead atoms. The van der Waals surface area contributed by atoms with Crippen LogP contribution in [0, 0.1) is 0 Å². The second kappa shape index (κ2) is 4.06. The van der Waals surface area contributed by atoms with E-state index < -0.39 is 0 Å². The zero-order valence-electron chi connectivity index (χ0n) is 9.21. The second-order valence-corrected chi connectivity index (χ2v) is 4.30. The lowest BCUT2D eigenvalue weighted by atomic mass is 10.5. The molecule has 0 spiro atoms. The Balaban J connectivity index is 2.10. The van der Waals surface area contributed by atoms with Gasteiger partial charge in [-0.15, -0.1) is 0 Å². The number of rotatable bonds is 3. The largest absolute Gasteiger partial charge is 0.372 e. The van der Waals surface area contributed by atoms with E-state index in [0.717, 1.165) is 23.0 Å². The first-order valence-electron chi connectivity index (χ1n) is 5.17. The molecule has 0 aliphatic heterocycles. The minimum absolute atomic E-state index is 0.750. The van der Waals surface area contributed by atoms with Gasteiger partial charge in [-0.1, -0.05) is 0 Å². The van der Waals surface area contributed by atoms with Crippen LogP contribution in [0.3, 0.4) is 0 Å². The Morgan fingerprint density at radius 3 is 3.12 bits per heavy atom. The molecule has 3 aromatic heterocycles. The molecule has 0 atom stereocenters. The molecule has 0 radical (unpaired) electrons. The minimum Gasteiger partial charge on any atom is -0.372 e. The van der Waals surface area contributed by atoms with Crippen LogP contribution in [0.25, 0.3) is 5.65 Å². The lowest BCUT2D eigenvalue weighted by Gasteiger charge is -2.07. The molecular formula is C11H11N5S. The van der Waals surface area contributed by atoms with Crippen LogP contribution in [0.5, 0.6) is 0 Å². The summed E-state index contributed by atoms with van der Waals surface area (Å²) in [7, 11) is 1.85. The molecule has 0 aromatic carbocycles. The summed E-state index contributed by atoms with van der Waals surface area (Å²) in [4.78, 5) is 8.75. The van der Waals surface area contributed by atoms with Gasteiger partial charge in [-0.2, -0.15) is 11.3 Å². The lowest BCUT2D eigenvalue weighted by molar-refractivity contribution is 1.12. The molecule has 3 rings (SSSR count). The van der Waals surface area contributed by atoms with Gasteiger partial charge < -0.3 is 15.0 Å². The summed E-state index contributed by atoms with van der Waals surface area (Å²) >= 11 is 1.64. The fourth-order valence-electron chi connectivity index (χ4n) is 1.61. The molecule has 0 unspecified atom stereocenters. The van der Waals surface area contributed by atoms with E-state index in [-0.39, 0.29) is 0 Å². The fourth-order valence-corrected chi connectivity index (χ4v) is 2.20. The topological polar surface area (TPSA) is 54.2 Å². The van der Waals surface area contributed by atoms with Crippen LogP contribution in [-0.4, -0.2) is 21.4 Å². The molecule has 0 saturated heterocycles. The van der Waals surface area contributed by atoms with Gasteiger partial charge in [-0.3, -0.25) is 0 Å². The van der Waals surface area contributed by atoms with Gasteiger partial charge in [0.1, 0.15) is 5.82 Å². The van der Waals surface area contributed by atoms with Gasteiger partial charge in [0.2, 0.25) is 0 Å². The Hall–Kier alpha value is -2.08. The van der Waals surface area contributed by atoms with Crippen LogP contribution in [-0.2, 0) is 0 Å². The first-order chi connectivity index (χ1) is 8.36. The van der Waals surface area contributed by atoms with Crippen molar-refractivity contribution in [3.63, 3.8) is 0 Å². The number of fused-ring (bicyclic) bond motifs is 1. The summed E-state index contributed by atoms with van der Waals surface area (Å²) in [5, 5.41) is 10.4. The van der Waals surface area contributed by atoms with Crippen LogP contribution in [0.15, 0.2) is 35.4 Å². The number of hydrogen-bond donors (Lipinski definition) is 2. The SMILES string of the molecule is CNc1cn2ccnc2c(Nc2ccsc2)n1. The number of nitrogens with one attached hydrogen (secondary N) is 2. The van der Waals surface area contributed by atoms with E-state index in [4.69, 9.17) is 0 Å². The third kappa shape index (κ3) is 1.83. The molecule has 0 aliphatic rings. The van der Waals surface area contributed by atoms with E-state index in [0.29, 0.717) is 0 Å². The van der Waals surface area contributed by atoms with Gasteiger partial charge in [-0.25, -0.2) is 9.97 Å². The van der Waals surface area contributed by atoms with Crippen molar-refractivity contribution in [1.29, 1.82) is 0 Å². The van der Waals surface area contributed by atoms with Crippen molar-refractivity contribution in [1.82, 2.24) is 14.4 Å². The van der Waals surface area contributed by atoms with E-state index in [1.165, 1.54) is 0 Å². The highest BCUT2D eigenvalue weighted by Gasteiger charge is 2.07. The number of thiophene rings is 1. The fraction of sp³-hybridized carbons (Fsp3) is 0.0909. The smallest absolute Gasteiger partial charge is 0.180 e. The monoisotopic (exact) mass is 245 g/mol. The van der Waals surface area contributed by atoms with E-state index in [1.54, 1.807) is 17.5 Å². The summed E-state index contributed by atoms with van der Waals surface area (Å²) < 4.78 is 1.94. The highest BCUT2D eigenvalue weighted by molar-refractivity contribution is 7.08. The summed E-state index contributed by atoms with van der Waals surface area (Å²) in [5.41, 5.74) is 1.84. The number of aromatic nitrogens is 3. The molecule has 0 saturated carbocycles. The third-order valence-electron chi connectivity index (χ3n) is 2.41. The maximum atomic E-state index is 4.47. The van der Waals surface area contributed by atoms with Crippen LogP contribution >= 0.6 is 11.3 Å². The molecule has 3 heterocycles. The van der Waals surface area contributed by atoms with Crippen LogP contribution in [0.2, 0.25) is 0 Å². The second-order valence-electron chi connectivity index (χ2n) is 3.52. The van der Waals surface area contributed by atoms with Crippen molar-refractivity contribution in [2.24, 2.45) is 0 Å². The third-order valence-corrected chi connectivity index (χ3v) is 3.10. The van der Waals surface area contributed by atoms with Crippen molar-refractivity contribution in [3.05, 3.63) is 35.4 Å². The Morgan fingerprint density at radius 1 is 1.41 bits per heavy atom. The maximum absolute atomic E-state index is 4.47. The minimum atomic E-state index is 0.750. The first kappa shape index (κ1) is 10.1. The van der Waals surface area contributed by atoms with Gasteiger partial charge in [0.25, 0.3) is 0 Å². The van der Waals surface area contributed by atoms with Gasteiger partial charge in [0.05, 0.1) is 11.9 Å². The Morgan fingerprint density at radius 2 is 2.35 bits per heavy atom. The van der Waals surface area contributed by atoms with Crippen LogP contribution < -0.4 is 10.6 Å². The molecule has 6 heteroatoms. The van der Waals surface area contributed by atoms with Gasteiger partial charge in [0, 0.05) is 24.8 Å². The summed E-state index contributed by atoms with van der Waals surface area (Å²) in [6.07, 6.45) is 5.56. The van der Waals surface area contributed by atoms with Gasteiger partial charge in [0.15, 0.2) is 11.5 Å². The van der Waals surface area contributed by atoms with Crippen molar-refractivity contribution in [2.75, 3.05) is 17.7 Å². The van der Waals surface area contributed by atoms with E-state index in [9.17, 15) is 0 Å². The maximum Gasteiger partial charge on any atom is 0.180 e. The highest BCUT2D eigenvalue weighted by atomic mass is 32.1. The standard InChI is InChI=1S/C11H11N5S/c1-12-9-6-16-4-3-13-11(16)10(15-9)14-8-2-5-17-7-8/h2-7,12H,1H3,(H,14,15). The van der Waals surface area contributed by atoms with Crippen LogP contribution in [0.1, 0.15) is 0 Å². The Labute approximate surface area is 102 Å². The van der Waals surface area contributed by atoms with E-state index in [2.05, 4.69) is 20.6 Å². The molecule has 2 N–H and O–H groups in total. The molecule has 17 heavy (non-hydrogen) atoms. The molecule has 0 amide bonds. The lowest BCUT2D eigenvalue weighted by Crippen LogP contribution is -2.01. The Bertz CT molecular complexity index is 628. The average molecular weight is 245 g/mol. The number of nitrogens with zero attached hydrogens (tertiary/aromatic N) is 3. The summed E-state index contributed by atoms with van der Waals surface area (Å²) in [6.45, 7) is 0. The number of hydrogen-bond acceptors (Lipinski definition) is 5. The number of imidazole rings is 1. The predicted molar refractivity (Wildman–Crippen MR) is 70.1 cm³/mol. The molecule has 0 aliphatic carbocycles. The van der Waals surface area contributed by atoms with Crippen molar-refractivity contribution in [3.8, 4) is 0 Å². The summed E-state index contributed by atoms with van der Waals surface area (Å²) in [6, 6.07) is 2.01. The molecule has 3 aromatic rings. The Kier molecular flexibility index (Phi) is 2.41. The normalized spacial score (nSPS) is 10.6. The van der Waals surface area contributed by atoms with Gasteiger partial charge in [-0.05, 0) is 11.4 Å². The molecule has 5 nitrogen and oxygen atoms in total.